The van der Waals surface area contributed by atoms with Gasteiger partial charge in [-0.1, -0.05) is 34.5 Å². The number of hydrogen-bond donors (Lipinski definition) is 0. The van der Waals surface area contributed by atoms with Crippen molar-refractivity contribution in [2.45, 2.75) is 31.2 Å². The van der Waals surface area contributed by atoms with Gasteiger partial charge in [-0.3, -0.25) is 4.79 Å². The number of aromatic nitrogens is 1. The van der Waals surface area contributed by atoms with Gasteiger partial charge in [0.2, 0.25) is 10.0 Å². The van der Waals surface area contributed by atoms with E-state index in [1.54, 1.807) is 18.2 Å². The van der Waals surface area contributed by atoms with E-state index in [0.717, 1.165) is 10.2 Å². The summed E-state index contributed by atoms with van der Waals surface area (Å²) in [6.07, 6.45) is 1.18. The van der Waals surface area contributed by atoms with Crippen molar-refractivity contribution in [3.05, 3.63) is 57.3 Å². The first-order valence-electron chi connectivity index (χ1n) is 11.0. The molecule has 0 N–H and O–H groups in total. The second-order valence-corrected chi connectivity index (χ2v) is 11.8. The van der Waals surface area contributed by atoms with Crippen molar-refractivity contribution in [2.24, 2.45) is 10.9 Å². The Balaban J connectivity index is 1.61. The molecular weight excluding hydrogens is 517 g/mol. The second kappa shape index (κ2) is 10.9. The molecule has 1 unspecified atom stereocenters. The Morgan fingerprint density at radius 3 is 2.65 bits per heavy atom. The standard InChI is InChI=1S/C23H25Cl2N3O4S2/c1-2-32-13-12-28-20-10-7-18(25)14-21(20)33-23(28)26-22(29)16-4-3-11-27(15-16)34(30,31)19-8-5-17(24)6-9-19/h5-10,14,16H,2-4,11-13,15H2,1H3. The zero-order valence-corrected chi connectivity index (χ0v) is 21.8. The number of amides is 1. The molecule has 1 saturated heterocycles. The maximum atomic E-state index is 13.2. The predicted molar refractivity (Wildman–Crippen MR) is 135 cm³/mol. The second-order valence-electron chi connectivity index (χ2n) is 7.95. The first-order chi connectivity index (χ1) is 16.3. The molecule has 0 radical (unpaired) electrons. The van der Waals surface area contributed by atoms with Crippen molar-refractivity contribution in [2.75, 3.05) is 26.3 Å². The number of sulfonamides is 1. The van der Waals surface area contributed by atoms with Crippen LogP contribution in [0.3, 0.4) is 0 Å². The number of fused-ring (bicyclic) bond motifs is 1. The Labute approximate surface area is 212 Å². The number of ether oxygens (including phenoxy) is 1. The van der Waals surface area contributed by atoms with Crippen LogP contribution >= 0.6 is 34.5 Å². The van der Waals surface area contributed by atoms with Crippen molar-refractivity contribution in [3.63, 3.8) is 0 Å². The van der Waals surface area contributed by atoms with Gasteiger partial charge in [0.25, 0.3) is 5.91 Å². The van der Waals surface area contributed by atoms with Crippen LogP contribution in [-0.2, 0) is 26.1 Å². The van der Waals surface area contributed by atoms with Crippen LogP contribution in [-0.4, -0.2) is 49.5 Å². The van der Waals surface area contributed by atoms with E-state index in [4.69, 9.17) is 27.9 Å². The van der Waals surface area contributed by atoms with E-state index in [2.05, 4.69) is 4.99 Å². The summed E-state index contributed by atoms with van der Waals surface area (Å²) in [6, 6.07) is 11.6. The third kappa shape index (κ3) is 5.56. The van der Waals surface area contributed by atoms with Crippen LogP contribution in [0.1, 0.15) is 19.8 Å². The summed E-state index contributed by atoms with van der Waals surface area (Å²) in [6.45, 7) is 4.03. The van der Waals surface area contributed by atoms with Crippen LogP contribution in [0.5, 0.6) is 0 Å². The Morgan fingerprint density at radius 1 is 1.18 bits per heavy atom. The molecule has 1 amide bonds. The summed E-state index contributed by atoms with van der Waals surface area (Å²) < 4.78 is 35.9. The van der Waals surface area contributed by atoms with E-state index in [1.807, 2.05) is 23.6 Å². The van der Waals surface area contributed by atoms with Crippen molar-refractivity contribution in [1.29, 1.82) is 0 Å². The molecule has 1 atom stereocenters. The van der Waals surface area contributed by atoms with E-state index >= 15 is 0 Å². The number of rotatable bonds is 7. The maximum Gasteiger partial charge on any atom is 0.252 e. The lowest BCUT2D eigenvalue weighted by molar-refractivity contribution is -0.122. The number of benzene rings is 2. The highest BCUT2D eigenvalue weighted by atomic mass is 35.5. The molecule has 3 aromatic rings. The number of thiazole rings is 1. The molecule has 1 aliphatic rings. The highest BCUT2D eigenvalue weighted by Gasteiger charge is 2.33. The van der Waals surface area contributed by atoms with Gasteiger partial charge in [0.15, 0.2) is 4.80 Å². The summed E-state index contributed by atoms with van der Waals surface area (Å²) in [7, 11) is -3.72. The van der Waals surface area contributed by atoms with Crippen LogP contribution < -0.4 is 4.80 Å². The molecule has 0 spiro atoms. The fourth-order valence-electron chi connectivity index (χ4n) is 3.95. The highest BCUT2D eigenvalue weighted by Crippen LogP contribution is 2.26. The van der Waals surface area contributed by atoms with E-state index in [9.17, 15) is 13.2 Å². The minimum Gasteiger partial charge on any atom is -0.380 e. The van der Waals surface area contributed by atoms with Crippen molar-refractivity contribution in [3.8, 4) is 0 Å². The van der Waals surface area contributed by atoms with Crippen molar-refractivity contribution < 1.29 is 17.9 Å². The van der Waals surface area contributed by atoms with Crippen molar-refractivity contribution >= 4 is 60.7 Å². The van der Waals surface area contributed by atoms with Crippen LogP contribution in [0.25, 0.3) is 10.2 Å². The third-order valence-corrected chi connectivity index (χ3v) is 9.11. The van der Waals surface area contributed by atoms with Crippen molar-refractivity contribution in [1.82, 2.24) is 8.87 Å². The Bertz CT molecular complexity index is 1350. The van der Waals surface area contributed by atoms with E-state index < -0.39 is 15.9 Å². The average molecular weight is 543 g/mol. The lowest BCUT2D eigenvalue weighted by Gasteiger charge is -2.30. The van der Waals surface area contributed by atoms with Gasteiger partial charge in [-0.25, -0.2) is 8.42 Å². The molecule has 1 aliphatic heterocycles. The normalized spacial score (nSPS) is 18.0. The predicted octanol–water partition coefficient (Wildman–Crippen LogP) is 4.57. The maximum absolute atomic E-state index is 13.2. The molecule has 11 heteroatoms. The molecule has 2 heterocycles. The number of hydrogen-bond acceptors (Lipinski definition) is 5. The SMILES string of the molecule is CCOCCn1c(=NC(=O)C2CCCN(S(=O)(=O)c3ccc(Cl)cc3)C2)sc2cc(Cl)ccc21. The van der Waals surface area contributed by atoms with E-state index in [1.165, 1.54) is 27.8 Å². The molecule has 1 fully saturated rings. The lowest BCUT2D eigenvalue weighted by Crippen LogP contribution is -2.42. The fraction of sp³-hybridized carbons (Fsp3) is 0.391. The largest absolute Gasteiger partial charge is 0.380 e. The summed E-state index contributed by atoms with van der Waals surface area (Å²) in [5.74, 6) is -0.830. The fourth-order valence-corrected chi connectivity index (χ4v) is 6.94. The molecule has 1 aromatic heterocycles. The molecule has 4 rings (SSSR count). The highest BCUT2D eigenvalue weighted by molar-refractivity contribution is 7.89. The zero-order chi connectivity index (χ0) is 24.3. The molecular formula is C23H25Cl2N3O4S2. The molecule has 34 heavy (non-hydrogen) atoms. The number of piperidine rings is 1. The molecule has 0 aliphatic carbocycles. The van der Waals surface area contributed by atoms with Gasteiger partial charge in [-0.05, 0) is 62.2 Å². The first-order valence-corrected chi connectivity index (χ1v) is 14.0. The van der Waals surface area contributed by atoms with E-state index in [0.29, 0.717) is 54.0 Å². The Kier molecular flexibility index (Phi) is 8.12. The van der Waals surface area contributed by atoms with E-state index in [-0.39, 0.29) is 17.3 Å². The average Bonchev–Trinajstić information content (AvgIpc) is 3.15. The molecule has 0 saturated carbocycles. The summed E-state index contributed by atoms with van der Waals surface area (Å²) in [5.41, 5.74) is 0.927. The monoisotopic (exact) mass is 541 g/mol. The minimum absolute atomic E-state index is 0.100. The molecule has 2 aromatic carbocycles. The smallest absolute Gasteiger partial charge is 0.252 e. The van der Waals surface area contributed by atoms with Gasteiger partial charge in [0, 0.05) is 36.3 Å². The van der Waals surface area contributed by atoms with Gasteiger partial charge in [-0.2, -0.15) is 9.30 Å². The lowest BCUT2D eigenvalue weighted by atomic mass is 9.99. The van der Waals surface area contributed by atoms with Gasteiger partial charge in [0.1, 0.15) is 0 Å². The third-order valence-electron chi connectivity index (χ3n) is 5.70. The zero-order valence-electron chi connectivity index (χ0n) is 18.6. The van der Waals surface area contributed by atoms with Gasteiger partial charge < -0.3 is 9.30 Å². The number of carbonyl (C=O) groups is 1. The number of halogens is 2. The summed E-state index contributed by atoms with van der Waals surface area (Å²) >= 11 is 13.4. The van der Waals surface area contributed by atoms with Gasteiger partial charge in [-0.15, -0.1) is 0 Å². The van der Waals surface area contributed by atoms with Crippen LogP contribution in [0.2, 0.25) is 10.0 Å². The summed E-state index contributed by atoms with van der Waals surface area (Å²) in [4.78, 5) is 18.3. The summed E-state index contributed by atoms with van der Waals surface area (Å²) in [5, 5.41) is 1.07. The van der Waals surface area contributed by atoms with Gasteiger partial charge in [0.05, 0.1) is 27.6 Å². The van der Waals surface area contributed by atoms with Crippen LogP contribution in [0.4, 0.5) is 0 Å². The molecule has 182 valence electrons. The van der Waals surface area contributed by atoms with Crippen LogP contribution in [0.15, 0.2) is 52.4 Å². The first kappa shape index (κ1) is 25.3. The number of nitrogens with zero attached hydrogens (tertiary/aromatic N) is 3. The quantitative estimate of drug-likeness (QED) is 0.410. The Hall–Kier alpha value is -1.75. The Morgan fingerprint density at radius 2 is 1.91 bits per heavy atom. The topological polar surface area (TPSA) is 81.0 Å². The van der Waals surface area contributed by atoms with Gasteiger partial charge >= 0.3 is 0 Å². The van der Waals surface area contributed by atoms with Crippen LogP contribution in [0, 0.1) is 5.92 Å². The molecule has 7 nitrogen and oxygen atoms in total. The minimum atomic E-state index is -3.72. The number of carbonyl (C=O) groups excluding carboxylic acids is 1. The molecule has 0 bridgehead atoms.